The van der Waals surface area contributed by atoms with Gasteiger partial charge in [0.2, 0.25) is 17.6 Å². The van der Waals surface area contributed by atoms with Crippen LogP contribution in [0.3, 0.4) is 0 Å². The van der Waals surface area contributed by atoms with E-state index in [9.17, 15) is 24.1 Å². The predicted molar refractivity (Wildman–Crippen MR) is 96.8 cm³/mol. The third kappa shape index (κ3) is 4.99. The summed E-state index contributed by atoms with van der Waals surface area (Å²) in [6.45, 7) is 3.39. The molecule has 3 N–H and O–H groups in total. The van der Waals surface area contributed by atoms with E-state index in [-0.39, 0.29) is 12.1 Å². The van der Waals surface area contributed by atoms with Crippen molar-refractivity contribution in [2.75, 3.05) is 5.32 Å². The van der Waals surface area contributed by atoms with E-state index in [1.807, 2.05) is 0 Å². The van der Waals surface area contributed by atoms with Crippen LogP contribution in [0.25, 0.3) is 0 Å². The molecule has 0 radical (unpaired) electrons. The number of thiazole rings is 1. The molecular formula is C15H15FN4O4S2. The van der Waals surface area contributed by atoms with E-state index in [1.165, 1.54) is 29.2 Å². The molecule has 0 fully saturated rings. The largest absolute Gasteiger partial charge is 0.369 e. The monoisotopic (exact) mass is 398 g/mol. The molecule has 26 heavy (non-hydrogen) atoms. The lowest BCUT2D eigenvalue weighted by atomic mass is 10.2. The second-order valence-corrected chi connectivity index (χ2v) is 7.98. The molecule has 2 amide bonds. The Kier molecular flexibility index (Phi) is 6.27. The fourth-order valence-electron chi connectivity index (χ4n) is 1.95. The number of aromatic nitrogens is 1. The molecule has 1 unspecified atom stereocenters. The van der Waals surface area contributed by atoms with E-state index >= 15 is 0 Å². The van der Waals surface area contributed by atoms with Crippen LogP contribution in [0.15, 0.2) is 22.5 Å². The summed E-state index contributed by atoms with van der Waals surface area (Å²) < 4.78 is 13.9. The van der Waals surface area contributed by atoms with Crippen molar-refractivity contribution < 1.29 is 18.9 Å². The van der Waals surface area contributed by atoms with Gasteiger partial charge in [-0.05, 0) is 26.0 Å². The first-order valence-corrected chi connectivity index (χ1v) is 9.03. The van der Waals surface area contributed by atoms with Crippen LogP contribution in [0.4, 0.5) is 15.8 Å². The number of nitro groups is 1. The van der Waals surface area contributed by atoms with Crippen LogP contribution in [0.1, 0.15) is 17.5 Å². The van der Waals surface area contributed by atoms with Gasteiger partial charge in [0.15, 0.2) is 4.34 Å². The third-order valence-electron chi connectivity index (χ3n) is 3.27. The Bertz CT molecular complexity index is 871. The minimum atomic E-state index is -0.976. The molecule has 0 saturated carbocycles. The lowest BCUT2D eigenvalue weighted by Gasteiger charge is -2.10. The van der Waals surface area contributed by atoms with Crippen molar-refractivity contribution in [2.24, 2.45) is 5.73 Å². The lowest BCUT2D eigenvalue weighted by molar-refractivity contribution is -0.387. The normalized spacial score (nSPS) is 11.8. The Labute approximate surface area is 156 Å². The minimum Gasteiger partial charge on any atom is -0.369 e. The van der Waals surface area contributed by atoms with Crippen molar-refractivity contribution >= 4 is 46.3 Å². The average molecular weight is 398 g/mol. The first-order valence-electron chi connectivity index (χ1n) is 7.33. The quantitative estimate of drug-likeness (QED) is 0.419. The Morgan fingerprint density at radius 1 is 1.50 bits per heavy atom. The molecule has 1 aromatic carbocycles. The number of nitrogens with one attached hydrogen (secondary N) is 1. The number of hydrogen-bond acceptors (Lipinski definition) is 7. The number of carbonyl (C=O) groups excluding carboxylic acids is 2. The molecule has 2 aromatic rings. The van der Waals surface area contributed by atoms with E-state index < -0.39 is 33.5 Å². The number of amides is 2. The second kappa shape index (κ2) is 8.23. The van der Waals surface area contributed by atoms with Crippen molar-refractivity contribution in [3.05, 3.63) is 44.7 Å². The molecule has 2 rings (SSSR count). The molecule has 0 spiro atoms. The van der Waals surface area contributed by atoms with Crippen LogP contribution in [-0.2, 0) is 16.0 Å². The van der Waals surface area contributed by atoms with E-state index in [2.05, 4.69) is 10.3 Å². The highest BCUT2D eigenvalue weighted by Gasteiger charge is 2.20. The predicted octanol–water partition coefficient (Wildman–Crippen LogP) is 2.65. The minimum absolute atomic E-state index is 0.0872. The van der Waals surface area contributed by atoms with Crippen LogP contribution in [0.5, 0.6) is 0 Å². The number of halogens is 1. The summed E-state index contributed by atoms with van der Waals surface area (Å²) in [7, 11) is 0. The molecule has 0 aliphatic carbocycles. The number of primary amides is 1. The van der Waals surface area contributed by atoms with Crippen molar-refractivity contribution in [1.82, 2.24) is 4.98 Å². The van der Waals surface area contributed by atoms with Gasteiger partial charge in [-0.25, -0.2) is 4.98 Å². The van der Waals surface area contributed by atoms with Crippen molar-refractivity contribution in [3.8, 4) is 0 Å². The van der Waals surface area contributed by atoms with Gasteiger partial charge in [0, 0.05) is 16.6 Å². The first-order chi connectivity index (χ1) is 12.2. The zero-order chi connectivity index (χ0) is 19.4. The zero-order valence-corrected chi connectivity index (χ0v) is 15.4. The number of thioether (sulfide) groups is 1. The van der Waals surface area contributed by atoms with Gasteiger partial charge < -0.3 is 11.1 Å². The van der Waals surface area contributed by atoms with Gasteiger partial charge >= 0.3 is 5.69 Å². The van der Waals surface area contributed by atoms with E-state index in [4.69, 9.17) is 5.73 Å². The molecule has 138 valence electrons. The van der Waals surface area contributed by atoms with Gasteiger partial charge in [-0.3, -0.25) is 19.7 Å². The lowest BCUT2D eigenvalue weighted by Crippen LogP contribution is -2.22. The number of nitro benzene ring substituents is 1. The molecule has 1 aromatic heterocycles. The number of nitrogens with two attached hydrogens (primary N) is 1. The molecule has 0 saturated heterocycles. The van der Waals surface area contributed by atoms with Crippen LogP contribution in [-0.4, -0.2) is 27.0 Å². The van der Waals surface area contributed by atoms with Crippen molar-refractivity contribution in [2.45, 2.75) is 29.9 Å². The summed E-state index contributed by atoms with van der Waals surface area (Å²) in [6, 6.07) is 3.13. The summed E-state index contributed by atoms with van der Waals surface area (Å²) in [5.74, 6) is -1.85. The molecule has 11 heteroatoms. The highest BCUT2D eigenvalue weighted by molar-refractivity contribution is 8.02. The maximum Gasteiger partial charge on any atom is 0.306 e. The second-order valence-electron chi connectivity index (χ2n) is 5.30. The summed E-state index contributed by atoms with van der Waals surface area (Å²) in [5.41, 5.74) is 5.27. The number of nitrogens with zero attached hydrogens (tertiary/aromatic N) is 2. The number of hydrogen-bond donors (Lipinski definition) is 2. The van der Waals surface area contributed by atoms with E-state index in [1.54, 1.807) is 13.8 Å². The highest BCUT2D eigenvalue weighted by Crippen LogP contribution is 2.31. The average Bonchev–Trinajstić information content (AvgIpc) is 2.87. The van der Waals surface area contributed by atoms with Gasteiger partial charge in [0.25, 0.3) is 0 Å². The zero-order valence-electron chi connectivity index (χ0n) is 13.8. The summed E-state index contributed by atoms with van der Waals surface area (Å²) in [6.07, 6.45) is 0.0872. The number of anilines is 1. The fourth-order valence-corrected chi connectivity index (χ4v) is 4.34. The molecule has 0 aliphatic rings. The van der Waals surface area contributed by atoms with Crippen LogP contribution >= 0.6 is 23.1 Å². The maximum atomic E-state index is 13.3. The van der Waals surface area contributed by atoms with Gasteiger partial charge in [-0.15, -0.1) is 11.3 Å². The standard InChI is InChI=1S/C15H15FN4O4S2/c1-7-12(6-13(17)21)26-15(18-7)25-8(2)14(22)19-9-3-4-10(16)11(5-9)20(23)24/h3-5,8H,6H2,1-2H3,(H2,17,21)(H,19,22). The maximum absolute atomic E-state index is 13.3. The smallest absolute Gasteiger partial charge is 0.306 e. The topological polar surface area (TPSA) is 128 Å². The molecule has 1 heterocycles. The summed E-state index contributed by atoms with van der Waals surface area (Å²) in [5, 5.41) is 12.7. The molecule has 8 nitrogen and oxygen atoms in total. The first kappa shape index (κ1) is 19.8. The highest BCUT2D eigenvalue weighted by atomic mass is 32.2. The summed E-state index contributed by atoms with van der Waals surface area (Å²) >= 11 is 2.46. The van der Waals surface area contributed by atoms with Gasteiger partial charge in [0.1, 0.15) is 0 Å². The number of aryl methyl sites for hydroxylation is 1. The number of rotatable bonds is 7. The Morgan fingerprint density at radius 3 is 2.81 bits per heavy atom. The van der Waals surface area contributed by atoms with Gasteiger partial charge in [-0.1, -0.05) is 11.8 Å². The van der Waals surface area contributed by atoms with E-state index in [0.717, 1.165) is 17.0 Å². The van der Waals surface area contributed by atoms with Crippen molar-refractivity contribution in [1.29, 1.82) is 0 Å². The summed E-state index contributed by atoms with van der Waals surface area (Å²) in [4.78, 5) is 38.2. The van der Waals surface area contributed by atoms with Gasteiger partial charge in [-0.2, -0.15) is 4.39 Å². The Hall–Kier alpha value is -2.53. The fraction of sp³-hybridized carbons (Fsp3) is 0.267. The third-order valence-corrected chi connectivity index (χ3v) is 5.62. The van der Waals surface area contributed by atoms with Gasteiger partial charge in [0.05, 0.1) is 22.3 Å². The van der Waals surface area contributed by atoms with Crippen LogP contribution in [0, 0.1) is 22.9 Å². The number of carbonyl (C=O) groups is 2. The Balaban J connectivity index is 2.05. The SMILES string of the molecule is Cc1nc(SC(C)C(=O)Nc2ccc(F)c([N+](=O)[O-])c2)sc1CC(N)=O. The van der Waals surface area contributed by atoms with Crippen LogP contribution < -0.4 is 11.1 Å². The van der Waals surface area contributed by atoms with E-state index in [0.29, 0.717) is 10.0 Å². The van der Waals surface area contributed by atoms with Crippen molar-refractivity contribution in [3.63, 3.8) is 0 Å². The van der Waals surface area contributed by atoms with Crippen LogP contribution in [0.2, 0.25) is 0 Å². The molecule has 1 atom stereocenters. The molecular weight excluding hydrogens is 383 g/mol. The molecule has 0 bridgehead atoms. The Morgan fingerprint density at radius 2 is 2.19 bits per heavy atom. The molecule has 0 aliphatic heterocycles. The number of benzene rings is 1.